The van der Waals surface area contributed by atoms with Crippen molar-refractivity contribution in [3.8, 4) is 0 Å². The first-order valence-electron chi connectivity index (χ1n) is 7.73. The van der Waals surface area contributed by atoms with Gasteiger partial charge in [-0.15, -0.1) is 0 Å². The van der Waals surface area contributed by atoms with Gasteiger partial charge in [-0.25, -0.2) is 0 Å². The van der Waals surface area contributed by atoms with Crippen LogP contribution in [0.3, 0.4) is 0 Å². The van der Waals surface area contributed by atoms with Crippen LogP contribution in [0.4, 0.5) is 13.2 Å². The predicted octanol–water partition coefficient (Wildman–Crippen LogP) is 2.61. The SMILES string of the molecule is O=C([C@H](O)c1ccccc1)N1N=C(c2ccccc2)C[C@@]1(O)C(F)(F)F. The van der Waals surface area contributed by atoms with E-state index in [9.17, 15) is 28.2 Å². The van der Waals surface area contributed by atoms with Crippen molar-refractivity contribution in [3.05, 3.63) is 71.8 Å². The molecule has 8 heteroatoms. The Morgan fingerprint density at radius 1 is 1.08 bits per heavy atom. The molecule has 1 aliphatic rings. The number of rotatable bonds is 3. The van der Waals surface area contributed by atoms with E-state index in [2.05, 4.69) is 5.10 Å². The predicted molar refractivity (Wildman–Crippen MR) is 86.8 cm³/mol. The maximum Gasteiger partial charge on any atom is 0.438 e. The Balaban J connectivity index is 2.00. The molecule has 1 heterocycles. The van der Waals surface area contributed by atoms with Crippen molar-refractivity contribution in [1.29, 1.82) is 0 Å². The highest BCUT2D eigenvalue weighted by Gasteiger charge is 2.63. The molecule has 26 heavy (non-hydrogen) atoms. The van der Waals surface area contributed by atoms with Crippen LogP contribution in [0.25, 0.3) is 0 Å². The second-order valence-electron chi connectivity index (χ2n) is 5.87. The molecule has 136 valence electrons. The van der Waals surface area contributed by atoms with Gasteiger partial charge in [0.25, 0.3) is 11.6 Å². The van der Waals surface area contributed by atoms with Gasteiger partial charge in [-0.1, -0.05) is 60.7 Å². The first kappa shape index (κ1) is 18.1. The van der Waals surface area contributed by atoms with E-state index >= 15 is 0 Å². The van der Waals surface area contributed by atoms with E-state index in [-0.39, 0.29) is 16.3 Å². The summed E-state index contributed by atoms with van der Waals surface area (Å²) in [5, 5.41) is 24.0. The molecule has 3 rings (SSSR count). The Bertz CT molecular complexity index is 825. The lowest BCUT2D eigenvalue weighted by Gasteiger charge is -2.33. The number of carbonyl (C=O) groups is 1. The van der Waals surface area contributed by atoms with E-state index in [4.69, 9.17) is 0 Å². The minimum absolute atomic E-state index is 0.0625. The quantitative estimate of drug-likeness (QED) is 0.879. The summed E-state index contributed by atoms with van der Waals surface area (Å²) in [6.45, 7) is 0. The van der Waals surface area contributed by atoms with Gasteiger partial charge < -0.3 is 10.2 Å². The zero-order valence-electron chi connectivity index (χ0n) is 13.4. The van der Waals surface area contributed by atoms with Crippen molar-refractivity contribution in [2.24, 2.45) is 5.10 Å². The van der Waals surface area contributed by atoms with Crippen LogP contribution in [0.1, 0.15) is 23.7 Å². The Morgan fingerprint density at radius 2 is 1.62 bits per heavy atom. The minimum Gasteiger partial charge on any atom is -0.378 e. The normalized spacial score (nSPS) is 21.4. The molecule has 0 spiro atoms. The zero-order valence-corrected chi connectivity index (χ0v) is 13.4. The van der Waals surface area contributed by atoms with Crippen LogP contribution in [0.2, 0.25) is 0 Å². The van der Waals surface area contributed by atoms with E-state index in [1.165, 1.54) is 36.4 Å². The molecule has 0 saturated heterocycles. The Kier molecular flexibility index (Phi) is 4.55. The van der Waals surface area contributed by atoms with Crippen molar-refractivity contribution in [2.45, 2.75) is 24.4 Å². The van der Waals surface area contributed by atoms with E-state index in [1.54, 1.807) is 24.3 Å². The summed E-state index contributed by atoms with van der Waals surface area (Å²) in [4.78, 5) is 12.5. The summed E-state index contributed by atoms with van der Waals surface area (Å²) >= 11 is 0. The number of hydrogen-bond donors (Lipinski definition) is 2. The first-order chi connectivity index (χ1) is 12.2. The third-order valence-corrected chi connectivity index (χ3v) is 4.10. The summed E-state index contributed by atoms with van der Waals surface area (Å²) in [5.74, 6) is -1.36. The van der Waals surface area contributed by atoms with E-state index in [0.717, 1.165) is 0 Å². The molecule has 0 unspecified atom stereocenters. The maximum absolute atomic E-state index is 13.5. The monoisotopic (exact) mass is 364 g/mol. The van der Waals surface area contributed by atoms with Gasteiger partial charge in [0.15, 0.2) is 6.10 Å². The number of hydrogen-bond acceptors (Lipinski definition) is 4. The van der Waals surface area contributed by atoms with Crippen LogP contribution >= 0.6 is 0 Å². The molecule has 0 bridgehead atoms. The molecule has 1 amide bonds. The third kappa shape index (κ3) is 3.09. The maximum atomic E-state index is 13.5. The van der Waals surface area contributed by atoms with Crippen LogP contribution in [-0.4, -0.2) is 38.7 Å². The number of aliphatic hydroxyl groups excluding tert-OH is 1. The lowest BCUT2D eigenvalue weighted by molar-refractivity contribution is -0.303. The Hall–Kier alpha value is -2.71. The second kappa shape index (κ2) is 6.54. The van der Waals surface area contributed by atoms with E-state index < -0.39 is 30.3 Å². The van der Waals surface area contributed by atoms with Gasteiger partial charge in [0, 0.05) is 0 Å². The van der Waals surface area contributed by atoms with Gasteiger partial charge in [-0.3, -0.25) is 4.79 Å². The molecule has 0 saturated carbocycles. The molecule has 2 aromatic rings. The van der Waals surface area contributed by atoms with Gasteiger partial charge in [0.05, 0.1) is 12.1 Å². The number of carbonyl (C=O) groups excluding carboxylic acids is 1. The highest BCUT2D eigenvalue weighted by Crippen LogP contribution is 2.42. The van der Waals surface area contributed by atoms with Crippen molar-refractivity contribution in [2.75, 3.05) is 0 Å². The average molecular weight is 364 g/mol. The molecule has 0 aromatic heterocycles. The molecular formula is C18H15F3N2O3. The lowest BCUT2D eigenvalue weighted by atomic mass is 10.0. The molecule has 0 fully saturated rings. The summed E-state index contributed by atoms with van der Waals surface area (Å²) in [5.41, 5.74) is -3.17. The van der Waals surface area contributed by atoms with Gasteiger partial charge in [-0.2, -0.15) is 23.3 Å². The highest BCUT2D eigenvalue weighted by atomic mass is 19.4. The van der Waals surface area contributed by atoms with Crippen LogP contribution < -0.4 is 0 Å². The molecule has 2 N–H and O–H groups in total. The van der Waals surface area contributed by atoms with E-state index in [0.29, 0.717) is 5.56 Å². The standard InChI is InChI=1S/C18H15F3N2O3/c19-18(20,21)17(26)11-14(12-7-3-1-4-8-12)22-23(17)16(25)15(24)13-9-5-2-6-10-13/h1-10,15,24,26H,11H2/t15-,17-/m1/s1. The van der Waals surface area contributed by atoms with Crippen molar-refractivity contribution in [3.63, 3.8) is 0 Å². The number of alkyl halides is 3. The summed E-state index contributed by atoms with van der Waals surface area (Å²) in [6, 6.07) is 15.4. The fourth-order valence-electron chi connectivity index (χ4n) is 2.68. The molecule has 5 nitrogen and oxygen atoms in total. The smallest absolute Gasteiger partial charge is 0.378 e. The number of aliphatic hydroxyl groups is 2. The molecule has 0 aliphatic carbocycles. The summed E-state index contributed by atoms with van der Waals surface area (Å²) in [6.07, 6.45) is -7.96. The zero-order chi connectivity index (χ0) is 18.9. The molecule has 2 aromatic carbocycles. The van der Waals surface area contributed by atoms with Gasteiger partial charge in [0.1, 0.15) is 0 Å². The van der Waals surface area contributed by atoms with E-state index in [1.807, 2.05) is 0 Å². The minimum atomic E-state index is -5.15. The second-order valence-corrected chi connectivity index (χ2v) is 5.87. The third-order valence-electron chi connectivity index (χ3n) is 4.10. The topological polar surface area (TPSA) is 73.1 Å². The fourth-order valence-corrected chi connectivity index (χ4v) is 2.68. The molecule has 0 radical (unpaired) electrons. The lowest BCUT2D eigenvalue weighted by Crippen LogP contribution is -2.57. The number of amides is 1. The summed E-state index contributed by atoms with van der Waals surface area (Å²) < 4.78 is 40.5. The Morgan fingerprint density at radius 3 is 2.15 bits per heavy atom. The number of halogens is 3. The van der Waals surface area contributed by atoms with Crippen LogP contribution in [-0.2, 0) is 4.79 Å². The van der Waals surface area contributed by atoms with Crippen molar-refractivity contribution >= 4 is 11.6 Å². The summed E-state index contributed by atoms with van der Waals surface area (Å²) in [7, 11) is 0. The van der Waals surface area contributed by atoms with Crippen LogP contribution in [0.15, 0.2) is 65.8 Å². The van der Waals surface area contributed by atoms with Gasteiger partial charge in [0.2, 0.25) is 0 Å². The molecule has 1 aliphatic heterocycles. The number of benzene rings is 2. The Labute approximate surface area is 147 Å². The fraction of sp³-hybridized carbons (Fsp3) is 0.222. The van der Waals surface area contributed by atoms with Gasteiger partial charge in [-0.05, 0) is 11.1 Å². The largest absolute Gasteiger partial charge is 0.438 e. The highest BCUT2D eigenvalue weighted by molar-refractivity contribution is 6.03. The van der Waals surface area contributed by atoms with Crippen molar-refractivity contribution < 1.29 is 28.2 Å². The average Bonchev–Trinajstić information content (AvgIpc) is 3.01. The molecular weight excluding hydrogens is 349 g/mol. The molecule has 2 atom stereocenters. The number of hydrazone groups is 1. The van der Waals surface area contributed by atoms with Crippen LogP contribution in [0, 0.1) is 0 Å². The number of nitrogens with zero attached hydrogens (tertiary/aromatic N) is 2. The first-order valence-corrected chi connectivity index (χ1v) is 7.73. The van der Waals surface area contributed by atoms with Crippen LogP contribution in [0.5, 0.6) is 0 Å². The van der Waals surface area contributed by atoms with Gasteiger partial charge >= 0.3 is 6.18 Å². The van der Waals surface area contributed by atoms with Crippen molar-refractivity contribution in [1.82, 2.24) is 5.01 Å².